The van der Waals surface area contributed by atoms with E-state index in [0.29, 0.717) is 24.6 Å². The third-order valence-corrected chi connectivity index (χ3v) is 10.2. The van der Waals surface area contributed by atoms with Gasteiger partial charge in [0.25, 0.3) is 11.8 Å². The van der Waals surface area contributed by atoms with Crippen LogP contribution in [0.5, 0.6) is 23.0 Å². The fourth-order valence-electron chi connectivity index (χ4n) is 6.54. The number of aliphatic carboxylic acids is 4. The van der Waals surface area contributed by atoms with E-state index in [-0.39, 0.29) is 136 Å². The van der Waals surface area contributed by atoms with E-state index in [1.807, 2.05) is 0 Å². The van der Waals surface area contributed by atoms with Crippen LogP contribution in [-0.4, -0.2) is 185 Å². The SMILES string of the molecule is NC(N)=Nc1ccc(C(=O)Oc2cc(OCCOCCOCCOCCOCCOCCOCCOc3cc(OC(=O)c4ccc(N=C(N)N)cc4)cc(C(=O)NC(CC(=O)O)C(=O)O)c3)cc(C(=O)NC(CC(=O)O)C(=O)O)c2)cc1. The van der Waals surface area contributed by atoms with Crippen molar-refractivity contribution in [1.29, 1.82) is 0 Å². The fraction of sp³-hybridized carbons (Fsp3) is 0.346. The molecule has 0 saturated heterocycles. The lowest BCUT2D eigenvalue weighted by molar-refractivity contribution is -0.145. The van der Waals surface area contributed by atoms with Crippen LogP contribution >= 0.6 is 0 Å². The van der Waals surface area contributed by atoms with Crippen molar-refractivity contribution in [3.63, 3.8) is 0 Å². The van der Waals surface area contributed by atoms with Gasteiger partial charge in [-0.05, 0) is 72.8 Å². The Hall–Kier alpha value is -9.46. The number of carbonyl (C=O) groups excluding carboxylic acids is 4. The van der Waals surface area contributed by atoms with E-state index < -0.39 is 72.6 Å². The zero-order chi connectivity index (χ0) is 59.8. The van der Waals surface area contributed by atoms with Gasteiger partial charge in [-0.2, -0.15) is 0 Å². The van der Waals surface area contributed by atoms with Crippen LogP contribution in [0.3, 0.4) is 0 Å². The fourth-order valence-corrected chi connectivity index (χ4v) is 6.54. The molecule has 4 aromatic rings. The highest BCUT2D eigenvalue weighted by atomic mass is 16.6. The smallest absolute Gasteiger partial charge is 0.343 e. The molecule has 0 aliphatic rings. The molecule has 0 heterocycles. The molecule has 2 atom stereocenters. The van der Waals surface area contributed by atoms with Crippen LogP contribution < -0.4 is 52.5 Å². The van der Waals surface area contributed by atoms with Crippen molar-refractivity contribution in [2.75, 3.05) is 92.5 Å². The number of nitrogens with two attached hydrogens (primary N) is 4. The van der Waals surface area contributed by atoms with Crippen molar-refractivity contribution in [3.05, 3.63) is 107 Å². The molecule has 0 fully saturated rings. The highest BCUT2D eigenvalue weighted by Crippen LogP contribution is 2.27. The van der Waals surface area contributed by atoms with Crippen LogP contribution in [0.4, 0.5) is 11.4 Å². The van der Waals surface area contributed by atoms with Crippen molar-refractivity contribution in [2.24, 2.45) is 32.9 Å². The Labute approximate surface area is 467 Å². The lowest BCUT2D eigenvalue weighted by atomic mass is 10.1. The predicted molar refractivity (Wildman–Crippen MR) is 285 cm³/mol. The number of hydrogen-bond acceptors (Lipinski definition) is 20. The zero-order valence-electron chi connectivity index (χ0n) is 43.9. The van der Waals surface area contributed by atoms with Crippen LogP contribution in [0.15, 0.2) is 94.9 Å². The number of nitrogens with one attached hydrogen (secondary N) is 2. The molecular formula is C52H62N8O22. The number of carboxylic acid groups (broad SMARTS) is 4. The van der Waals surface area contributed by atoms with E-state index in [1.165, 1.54) is 72.8 Å². The second-order valence-corrected chi connectivity index (χ2v) is 16.6. The summed E-state index contributed by atoms with van der Waals surface area (Å²) >= 11 is 0. The van der Waals surface area contributed by atoms with Crippen molar-refractivity contribution in [2.45, 2.75) is 24.9 Å². The first kappa shape index (κ1) is 65.1. The molecule has 0 aliphatic heterocycles. The molecule has 82 heavy (non-hydrogen) atoms. The Morgan fingerprint density at radius 2 is 0.671 bits per heavy atom. The molecular weight excluding hydrogens is 1090 g/mol. The van der Waals surface area contributed by atoms with E-state index in [1.54, 1.807) is 0 Å². The van der Waals surface area contributed by atoms with Gasteiger partial charge in [-0.25, -0.2) is 29.2 Å². The molecule has 442 valence electrons. The summed E-state index contributed by atoms with van der Waals surface area (Å²) in [6.07, 6.45) is -1.79. The summed E-state index contributed by atoms with van der Waals surface area (Å²) in [5.41, 5.74) is 22.1. The summed E-state index contributed by atoms with van der Waals surface area (Å²) < 4.78 is 55.5. The number of guanidine groups is 2. The number of benzene rings is 4. The van der Waals surface area contributed by atoms with Crippen molar-refractivity contribution < 1.29 is 106 Å². The Morgan fingerprint density at radius 3 is 0.939 bits per heavy atom. The molecule has 0 aliphatic carbocycles. The standard InChI is InChI=1S/C52H62N8O22/c53-51(54)57-35-5-1-31(2-6-35)49(71)81-39-25-33(45(65)59-41(47(67)68)29-43(61)62)23-37(27-39)79-21-19-77-17-15-75-13-11-73-9-10-74-12-14-76-16-18-78-20-22-80-38-24-34(46(66)60-42(48(69)70)30-44(63)64)26-40(28-38)82-50(72)32-3-7-36(8-4-32)58-52(55)56/h1-8,23-28,41-42H,9-22,29-30H2,(H,59,65)(H,60,66)(H,61,62)(H,63,64)(H,67,68)(H,69,70)(H4,53,54,57)(H4,55,56,58). The molecule has 0 radical (unpaired) electrons. The number of nitrogens with zero attached hydrogens (tertiary/aromatic N) is 2. The summed E-state index contributed by atoms with van der Waals surface area (Å²) in [5, 5.41) is 41.2. The van der Waals surface area contributed by atoms with E-state index in [0.717, 1.165) is 12.1 Å². The highest BCUT2D eigenvalue weighted by molar-refractivity contribution is 6.00. The maximum absolute atomic E-state index is 13.0. The quantitative estimate of drug-likeness (QED) is 0.00971. The second-order valence-electron chi connectivity index (χ2n) is 16.6. The number of aliphatic imine (C=N–C) groups is 2. The van der Waals surface area contributed by atoms with Crippen LogP contribution in [0.2, 0.25) is 0 Å². The van der Waals surface area contributed by atoms with Gasteiger partial charge >= 0.3 is 35.8 Å². The first-order valence-electron chi connectivity index (χ1n) is 24.6. The van der Waals surface area contributed by atoms with Gasteiger partial charge in [0.15, 0.2) is 11.9 Å². The van der Waals surface area contributed by atoms with Gasteiger partial charge in [-0.15, -0.1) is 0 Å². The summed E-state index contributed by atoms with van der Waals surface area (Å²) in [4.78, 5) is 105. The van der Waals surface area contributed by atoms with Crippen LogP contribution in [0.1, 0.15) is 54.3 Å². The van der Waals surface area contributed by atoms with Crippen molar-refractivity contribution in [3.8, 4) is 23.0 Å². The number of hydrogen-bond donors (Lipinski definition) is 10. The number of carbonyl (C=O) groups is 8. The second kappa shape index (κ2) is 35.2. The van der Waals surface area contributed by atoms with Gasteiger partial charge < -0.3 is 101 Å². The molecule has 0 saturated carbocycles. The van der Waals surface area contributed by atoms with Gasteiger partial charge in [0.2, 0.25) is 0 Å². The lowest BCUT2D eigenvalue weighted by Gasteiger charge is -2.15. The number of esters is 2. The Kier molecular flexibility index (Phi) is 27.9. The van der Waals surface area contributed by atoms with Crippen LogP contribution in [-0.2, 0) is 47.6 Å². The maximum atomic E-state index is 13.0. The number of amides is 2. The summed E-state index contributed by atoms with van der Waals surface area (Å²) in [6, 6.07) is 15.4. The third-order valence-electron chi connectivity index (χ3n) is 10.2. The maximum Gasteiger partial charge on any atom is 0.343 e. The zero-order valence-corrected chi connectivity index (χ0v) is 43.9. The Morgan fingerprint density at radius 1 is 0.390 bits per heavy atom. The largest absolute Gasteiger partial charge is 0.491 e. The Balaban J connectivity index is 1.08. The molecule has 2 amide bonds. The van der Waals surface area contributed by atoms with E-state index >= 15 is 0 Å². The average Bonchev–Trinajstić information content (AvgIpc) is 3.63. The monoisotopic (exact) mass is 1150 g/mol. The highest BCUT2D eigenvalue weighted by Gasteiger charge is 2.26. The van der Waals surface area contributed by atoms with E-state index in [9.17, 15) is 48.6 Å². The molecule has 14 N–H and O–H groups in total. The van der Waals surface area contributed by atoms with Gasteiger partial charge in [-0.1, -0.05) is 0 Å². The molecule has 30 nitrogen and oxygen atoms in total. The summed E-state index contributed by atoms with van der Waals surface area (Å²) in [5.74, 6) is -10.2. The molecule has 0 spiro atoms. The lowest BCUT2D eigenvalue weighted by Crippen LogP contribution is -2.42. The average molecular weight is 1150 g/mol. The van der Waals surface area contributed by atoms with Gasteiger partial charge in [0, 0.05) is 23.3 Å². The molecule has 4 rings (SSSR count). The van der Waals surface area contributed by atoms with Gasteiger partial charge in [0.1, 0.15) is 48.3 Å². The number of rotatable bonds is 39. The normalized spacial score (nSPS) is 11.5. The minimum absolute atomic E-state index is 0.0302. The molecule has 30 heteroatoms. The summed E-state index contributed by atoms with van der Waals surface area (Å²) in [7, 11) is 0. The number of carboxylic acids is 4. The molecule has 2 unspecified atom stereocenters. The van der Waals surface area contributed by atoms with Crippen LogP contribution in [0, 0.1) is 0 Å². The molecule has 0 bridgehead atoms. The predicted octanol–water partition coefficient (Wildman–Crippen LogP) is 0.808. The first-order chi connectivity index (χ1) is 39.3. The first-order valence-corrected chi connectivity index (χ1v) is 24.6. The van der Waals surface area contributed by atoms with E-state index in [4.69, 9.17) is 80.5 Å². The van der Waals surface area contributed by atoms with Gasteiger partial charge in [0.05, 0.1) is 115 Å². The van der Waals surface area contributed by atoms with Crippen molar-refractivity contribution >= 4 is 70.9 Å². The number of ether oxygens (including phenoxy) is 10. The van der Waals surface area contributed by atoms with Crippen LogP contribution in [0.25, 0.3) is 0 Å². The molecule has 0 aromatic heterocycles. The topological polar surface area (TPSA) is 463 Å². The van der Waals surface area contributed by atoms with Gasteiger partial charge in [-0.3, -0.25) is 19.2 Å². The minimum Gasteiger partial charge on any atom is -0.491 e. The summed E-state index contributed by atoms with van der Waals surface area (Å²) in [6.45, 7) is 2.61. The third kappa shape index (κ3) is 25.6. The Bertz CT molecular complexity index is 2650. The molecule has 4 aromatic carbocycles. The van der Waals surface area contributed by atoms with Crippen molar-refractivity contribution in [1.82, 2.24) is 10.6 Å². The van der Waals surface area contributed by atoms with E-state index in [2.05, 4.69) is 20.6 Å². The minimum atomic E-state index is -1.75.